The molecule has 1 aliphatic heterocycles. The number of nitrogens with zero attached hydrogens (tertiary/aromatic N) is 1. The molecular formula is C19H22N2O8. The van der Waals surface area contributed by atoms with Crippen LogP contribution in [0.25, 0.3) is 0 Å². The van der Waals surface area contributed by atoms with Gasteiger partial charge in [-0.15, -0.1) is 5.06 Å². The van der Waals surface area contributed by atoms with Crippen molar-refractivity contribution in [2.75, 3.05) is 6.61 Å². The van der Waals surface area contributed by atoms with Crippen LogP contribution in [0.4, 0.5) is 4.79 Å². The van der Waals surface area contributed by atoms with Crippen LogP contribution in [0.5, 0.6) is 0 Å². The molecule has 0 bridgehead atoms. The lowest BCUT2D eigenvalue weighted by Gasteiger charge is -2.17. The van der Waals surface area contributed by atoms with E-state index in [2.05, 4.69) is 5.32 Å². The first-order valence-corrected chi connectivity index (χ1v) is 9.11. The molecule has 0 unspecified atom stereocenters. The fourth-order valence-electron chi connectivity index (χ4n) is 2.47. The first kappa shape index (κ1) is 21.9. The minimum absolute atomic E-state index is 0.00342. The van der Waals surface area contributed by atoms with Crippen LogP contribution in [0.15, 0.2) is 30.3 Å². The first-order valence-electron chi connectivity index (χ1n) is 9.11. The van der Waals surface area contributed by atoms with Gasteiger partial charge in [0.05, 0.1) is 13.0 Å². The number of hydroxylamine groups is 2. The van der Waals surface area contributed by atoms with Crippen LogP contribution < -0.4 is 5.32 Å². The van der Waals surface area contributed by atoms with E-state index in [9.17, 15) is 24.0 Å². The Hall–Kier alpha value is -3.43. The van der Waals surface area contributed by atoms with Crippen molar-refractivity contribution >= 4 is 29.8 Å². The van der Waals surface area contributed by atoms with Crippen molar-refractivity contribution in [2.45, 2.75) is 45.3 Å². The molecule has 29 heavy (non-hydrogen) atoms. The van der Waals surface area contributed by atoms with E-state index < -0.39 is 35.9 Å². The van der Waals surface area contributed by atoms with Crippen LogP contribution in [0.2, 0.25) is 0 Å². The van der Waals surface area contributed by atoms with Gasteiger partial charge in [-0.25, -0.2) is 14.4 Å². The number of benzene rings is 1. The van der Waals surface area contributed by atoms with Gasteiger partial charge in [-0.2, -0.15) is 0 Å². The third-order valence-corrected chi connectivity index (χ3v) is 3.91. The van der Waals surface area contributed by atoms with E-state index in [1.807, 2.05) is 6.07 Å². The summed E-state index contributed by atoms with van der Waals surface area (Å²) in [6.07, 6.45) is -1.39. The summed E-state index contributed by atoms with van der Waals surface area (Å²) >= 11 is 0. The highest BCUT2D eigenvalue weighted by molar-refractivity contribution is 6.01. The second-order valence-electron chi connectivity index (χ2n) is 6.09. The van der Waals surface area contributed by atoms with Crippen molar-refractivity contribution in [3.8, 4) is 0 Å². The molecule has 1 aromatic rings. The smallest absolute Gasteiger partial charge is 0.408 e. The highest BCUT2D eigenvalue weighted by Crippen LogP contribution is 2.13. The molecule has 10 heteroatoms. The molecule has 1 heterocycles. The molecule has 1 atom stereocenters. The van der Waals surface area contributed by atoms with Crippen LogP contribution in [0.1, 0.15) is 38.2 Å². The second kappa shape index (κ2) is 10.8. The zero-order chi connectivity index (χ0) is 21.2. The van der Waals surface area contributed by atoms with Gasteiger partial charge in [-0.05, 0) is 18.9 Å². The van der Waals surface area contributed by atoms with Crippen molar-refractivity contribution in [3.63, 3.8) is 0 Å². The minimum atomic E-state index is -1.16. The average Bonchev–Trinajstić information content (AvgIpc) is 3.02. The lowest BCUT2D eigenvalue weighted by Crippen LogP contribution is -2.42. The summed E-state index contributed by atoms with van der Waals surface area (Å²) in [4.78, 5) is 63.6. The number of rotatable bonds is 9. The Morgan fingerprint density at radius 2 is 1.72 bits per heavy atom. The zero-order valence-corrected chi connectivity index (χ0v) is 15.9. The summed E-state index contributed by atoms with van der Waals surface area (Å²) in [5.74, 6) is -2.84. The lowest BCUT2D eigenvalue weighted by atomic mass is 10.1. The fourth-order valence-corrected chi connectivity index (χ4v) is 2.47. The summed E-state index contributed by atoms with van der Waals surface area (Å²) in [5, 5.41) is 2.77. The number of nitrogens with one attached hydrogen (secondary N) is 1. The molecule has 1 N–H and O–H groups in total. The van der Waals surface area contributed by atoms with Crippen molar-refractivity contribution in [3.05, 3.63) is 35.9 Å². The monoisotopic (exact) mass is 406 g/mol. The van der Waals surface area contributed by atoms with E-state index in [1.54, 1.807) is 31.2 Å². The number of alkyl carbamates (subject to hydrolysis) is 1. The van der Waals surface area contributed by atoms with Gasteiger partial charge in [0, 0.05) is 12.8 Å². The number of hydrogen-bond acceptors (Lipinski definition) is 8. The van der Waals surface area contributed by atoms with Crippen molar-refractivity contribution in [1.29, 1.82) is 0 Å². The third-order valence-electron chi connectivity index (χ3n) is 3.91. The van der Waals surface area contributed by atoms with Crippen molar-refractivity contribution in [1.82, 2.24) is 10.4 Å². The Balaban J connectivity index is 1.85. The number of ether oxygens (including phenoxy) is 2. The Morgan fingerprint density at radius 3 is 2.34 bits per heavy atom. The van der Waals surface area contributed by atoms with Crippen molar-refractivity contribution < 1.29 is 38.3 Å². The number of hydrogen-bond donors (Lipinski definition) is 1. The van der Waals surface area contributed by atoms with Crippen LogP contribution in [-0.4, -0.2) is 47.6 Å². The summed E-state index contributed by atoms with van der Waals surface area (Å²) in [7, 11) is 0. The quantitative estimate of drug-likeness (QED) is 0.479. The molecule has 1 fully saturated rings. The van der Waals surface area contributed by atoms with Gasteiger partial charge in [0.15, 0.2) is 0 Å². The molecule has 0 aliphatic carbocycles. The normalized spacial score (nSPS) is 14.3. The van der Waals surface area contributed by atoms with E-state index in [0.29, 0.717) is 5.06 Å². The van der Waals surface area contributed by atoms with Gasteiger partial charge in [-0.3, -0.25) is 9.59 Å². The number of carbonyl (C=O) groups excluding carboxylic acids is 5. The predicted molar refractivity (Wildman–Crippen MR) is 96.6 cm³/mol. The largest absolute Gasteiger partial charge is 0.464 e. The second-order valence-corrected chi connectivity index (χ2v) is 6.09. The zero-order valence-electron chi connectivity index (χ0n) is 15.9. The average molecular weight is 406 g/mol. The number of imide groups is 1. The fraction of sp³-hybridized carbons (Fsp3) is 0.421. The van der Waals surface area contributed by atoms with Crippen LogP contribution in [0.3, 0.4) is 0 Å². The van der Waals surface area contributed by atoms with E-state index in [-0.39, 0.29) is 38.9 Å². The van der Waals surface area contributed by atoms with Gasteiger partial charge >= 0.3 is 18.0 Å². The maximum atomic E-state index is 12.1. The van der Waals surface area contributed by atoms with E-state index in [1.165, 1.54) is 0 Å². The van der Waals surface area contributed by atoms with E-state index >= 15 is 0 Å². The molecule has 1 saturated heterocycles. The molecule has 1 aliphatic rings. The van der Waals surface area contributed by atoms with Gasteiger partial charge in [0.25, 0.3) is 11.8 Å². The summed E-state index contributed by atoms with van der Waals surface area (Å²) in [6.45, 7) is 1.68. The molecule has 2 rings (SSSR count). The number of carbonyl (C=O) groups is 5. The lowest BCUT2D eigenvalue weighted by molar-refractivity contribution is -0.197. The first-order chi connectivity index (χ1) is 13.9. The Bertz CT molecular complexity index is 749. The molecule has 0 spiro atoms. The minimum Gasteiger partial charge on any atom is -0.464 e. The maximum absolute atomic E-state index is 12.1. The Labute approximate surface area is 167 Å². The highest BCUT2D eigenvalue weighted by Gasteiger charge is 2.33. The molecule has 1 aromatic carbocycles. The van der Waals surface area contributed by atoms with Gasteiger partial charge in [0.2, 0.25) is 0 Å². The van der Waals surface area contributed by atoms with Gasteiger partial charge in [-0.1, -0.05) is 30.3 Å². The van der Waals surface area contributed by atoms with E-state index in [4.69, 9.17) is 14.3 Å². The van der Waals surface area contributed by atoms with Crippen molar-refractivity contribution in [2.24, 2.45) is 0 Å². The molecule has 0 aromatic heterocycles. The summed E-state index contributed by atoms with van der Waals surface area (Å²) < 4.78 is 9.95. The van der Waals surface area contributed by atoms with Crippen LogP contribution in [0, 0.1) is 0 Å². The summed E-state index contributed by atoms with van der Waals surface area (Å²) in [5.41, 5.74) is 0.763. The van der Waals surface area contributed by atoms with Gasteiger partial charge in [0.1, 0.15) is 12.6 Å². The van der Waals surface area contributed by atoms with E-state index in [0.717, 1.165) is 5.56 Å². The summed E-state index contributed by atoms with van der Waals surface area (Å²) in [6, 6.07) is 7.79. The number of amides is 3. The Kier molecular flexibility index (Phi) is 8.13. The van der Waals surface area contributed by atoms with Gasteiger partial charge < -0.3 is 19.6 Å². The highest BCUT2D eigenvalue weighted by atomic mass is 16.7. The van der Waals surface area contributed by atoms with Crippen LogP contribution >= 0.6 is 0 Å². The predicted octanol–water partition coefficient (Wildman–Crippen LogP) is 1.23. The molecule has 0 radical (unpaired) electrons. The molecule has 3 amide bonds. The maximum Gasteiger partial charge on any atom is 0.408 e. The molecule has 156 valence electrons. The number of esters is 1. The standard InChI is InChI=1S/C19H22N2O8/c1-2-27-18(25)14(20-19(26)28-12-13-6-4-3-5-7-13)8-11-17(24)29-21-15(22)9-10-16(21)23/h3-7,14H,2,8-12H2,1H3,(H,20,26)/t14-/m0/s1. The third kappa shape index (κ3) is 6.91. The topological polar surface area (TPSA) is 128 Å². The molecule has 10 nitrogen and oxygen atoms in total. The molecular weight excluding hydrogens is 384 g/mol. The Morgan fingerprint density at radius 1 is 1.07 bits per heavy atom. The molecule has 0 saturated carbocycles. The van der Waals surface area contributed by atoms with Crippen LogP contribution in [-0.2, 0) is 40.1 Å². The SMILES string of the molecule is CCOC(=O)[C@H](CCC(=O)ON1C(=O)CCC1=O)NC(=O)OCc1ccccc1.